The molecule has 0 spiro atoms. The van der Waals surface area contributed by atoms with Crippen LogP contribution in [-0.2, 0) is 6.42 Å². The van der Waals surface area contributed by atoms with Crippen molar-refractivity contribution in [2.24, 2.45) is 0 Å². The van der Waals surface area contributed by atoms with Gasteiger partial charge in [0.25, 0.3) is 0 Å². The van der Waals surface area contributed by atoms with Crippen LogP contribution in [0.25, 0.3) is 51.3 Å². The summed E-state index contributed by atoms with van der Waals surface area (Å²) >= 11 is 0. The molecule has 7 aromatic carbocycles. The predicted molar refractivity (Wildman–Crippen MR) is 202 cm³/mol. The van der Waals surface area contributed by atoms with E-state index in [1.807, 2.05) is 0 Å². The van der Waals surface area contributed by atoms with Gasteiger partial charge in [-0.15, -0.1) is 0 Å². The van der Waals surface area contributed by atoms with E-state index in [4.69, 9.17) is 0 Å². The lowest BCUT2D eigenvalue weighted by molar-refractivity contribution is 0.991. The molecule has 0 fully saturated rings. The second-order valence-electron chi connectivity index (χ2n) is 12.0. The van der Waals surface area contributed by atoms with Gasteiger partial charge in [-0.25, -0.2) is 0 Å². The Balaban J connectivity index is 1.10. The monoisotopic (exact) mass is 601 g/mol. The van der Waals surface area contributed by atoms with Crippen LogP contribution in [0.3, 0.4) is 0 Å². The summed E-state index contributed by atoms with van der Waals surface area (Å²) in [5.74, 6) is 0. The summed E-state index contributed by atoms with van der Waals surface area (Å²) in [6, 6.07) is 58.7. The number of hydrogen-bond donors (Lipinski definition) is 0. The fourth-order valence-electron chi connectivity index (χ4n) is 6.92. The van der Waals surface area contributed by atoms with Crippen molar-refractivity contribution in [2.75, 3.05) is 4.90 Å². The first kappa shape index (κ1) is 28.5. The highest BCUT2D eigenvalue weighted by Gasteiger charge is 2.21. The molecule has 47 heavy (non-hydrogen) atoms. The van der Waals surface area contributed by atoms with Crippen LogP contribution in [0.5, 0.6) is 0 Å². The van der Waals surface area contributed by atoms with Crippen LogP contribution in [0.15, 0.2) is 170 Å². The molecule has 0 bridgehead atoms. The maximum Gasteiger partial charge on any atom is 0.0462 e. The molecule has 0 aromatic heterocycles. The Morgan fingerprint density at radius 1 is 0.426 bits per heavy atom. The molecule has 1 aliphatic carbocycles. The van der Waals surface area contributed by atoms with Crippen molar-refractivity contribution in [1.82, 2.24) is 0 Å². The molecule has 8 rings (SSSR count). The number of fused-ring (bicyclic) bond motifs is 2. The van der Waals surface area contributed by atoms with Gasteiger partial charge in [0.15, 0.2) is 0 Å². The average molecular weight is 602 g/mol. The van der Waals surface area contributed by atoms with Crippen LogP contribution in [0.2, 0.25) is 0 Å². The molecule has 0 heterocycles. The Bertz CT molecular complexity index is 2150. The maximum absolute atomic E-state index is 2.35. The molecule has 1 aliphatic rings. The summed E-state index contributed by atoms with van der Waals surface area (Å²) in [5, 5.41) is 2.63. The van der Waals surface area contributed by atoms with Crippen LogP contribution in [0, 0.1) is 0 Å². The first-order valence-electron chi connectivity index (χ1n) is 16.4. The molecular formula is C46H35N. The molecule has 7 aromatic rings. The molecule has 0 aliphatic heterocycles. The van der Waals surface area contributed by atoms with E-state index in [1.54, 1.807) is 0 Å². The quantitative estimate of drug-likeness (QED) is 0.164. The average Bonchev–Trinajstić information content (AvgIpc) is 3.15. The lowest BCUT2D eigenvalue weighted by atomic mass is 9.80. The predicted octanol–water partition coefficient (Wildman–Crippen LogP) is 12.8. The van der Waals surface area contributed by atoms with E-state index in [1.165, 1.54) is 55.3 Å². The lowest BCUT2D eigenvalue weighted by Gasteiger charge is -2.25. The minimum Gasteiger partial charge on any atom is -0.311 e. The number of rotatable bonds is 7. The standard InChI is InChI=1S/C46H35N/c1-4-14-36(15-5-1)45-41-20-10-12-22-43(41)46(44-23-13-11-21-42(44)45)37-30-26-34(27-31-37)24-25-35-28-32-40(33-29-35)47(38-16-6-2-7-17-38)39-18-8-3-9-19-39/h1-12,14-22,24-33H,13,23H2/b25-24+. The Morgan fingerprint density at radius 2 is 0.894 bits per heavy atom. The summed E-state index contributed by atoms with van der Waals surface area (Å²) in [7, 11) is 0. The first-order valence-corrected chi connectivity index (χ1v) is 16.4. The molecular weight excluding hydrogens is 567 g/mol. The molecule has 0 atom stereocenters. The fraction of sp³-hybridized carbons (Fsp3) is 0.0435. The summed E-state index contributed by atoms with van der Waals surface area (Å²) in [5.41, 5.74) is 13.8. The van der Waals surface area contributed by atoms with Gasteiger partial charge in [0, 0.05) is 17.1 Å². The Labute approximate surface area is 277 Å². The molecule has 0 radical (unpaired) electrons. The SMILES string of the molecule is C1=Cc2c(c(-c3ccc(/C=C/c4ccc(N(c5ccccc5)c5ccccc5)cc4)cc3)c3ccccc3c2-c2ccccc2)CC1. The highest BCUT2D eigenvalue weighted by Crippen LogP contribution is 2.44. The van der Waals surface area contributed by atoms with Crippen LogP contribution < -0.4 is 4.90 Å². The van der Waals surface area contributed by atoms with Crippen molar-refractivity contribution in [3.05, 3.63) is 192 Å². The third-order valence-electron chi connectivity index (χ3n) is 9.12. The second-order valence-corrected chi connectivity index (χ2v) is 12.0. The van der Waals surface area contributed by atoms with Gasteiger partial charge in [-0.05, 0) is 105 Å². The van der Waals surface area contributed by atoms with Gasteiger partial charge in [-0.1, -0.05) is 152 Å². The normalized spacial score (nSPS) is 12.3. The van der Waals surface area contributed by atoms with Gasteiger partial charge in [0.1, 0.15) is 0 Å². The largest absolute Gasteiger partial charge is 0.311 e. The van der Waals surface area contributed by atoms with Crippen LogP contribution in [-0.4, -0.2) is 0 Å². The number of anilines is 3. The van der Waals surface area contributed by atoms with Crippen molar-refractivity contribution in [2.45, 2.75) is 12.8 Å². The van der Waals surface area contributed by atoms with E-state index in [0.717, 1.165) is 29.9 Å². The molecule has 1 heteroatoms. The minimum atomic E-state index is 1.05. The molecule has 0 unspecified atom stereocenters. The summed E-state index contributed by atoms with van der Waals surface area (Å²) in [6.45, 7) is 0. The summed E-state index contributed by atoms with van der Waals surface area (Å²) in [6.07, 6.45) is 11.2. The third kappa shape index (κ3) is 5.69. The second kappa shape index (κ2) is 12.8. The lowest BCUT2D eigenvalue weighted by Crippen LogP contribution is -2.09. The zero-order valence-corrected chi connectivity index (χ0v) is 26.3. The van der Waals surface area contributed by atoms with Gasteiger partial charge in [0.2, 0.25) is 0 Å². The molecule has 224 valence electrons. The van der Waals surface area contributed by atoms with Crippen molar-refractivity contribution < 1.29 is 0 Å². The van der Waals surface area contributed by atoms with Crippen molar-refractivity contribution in [1.29, 1.82) is 0 Å². The van der Waals surface area contributed by atoms with Crippen LogP contribution in [0.4, 0.5) is 17.1 Å². The Morgan fingerprint density at radius 3 is 1.49 bits per heavy atom. The van der Waals surface area contributed by atoms with Gasteiger partial charge in [0.05, 0.1) is 0 Å². The zero-order valence-electron chi connectivity index (χ0n) is 26.3. The summed E-state index contributed by atoms with van der Waals surface area (Å²) in [4.78, 5) is 2.29. The van der Waals surface area contributed by atoms with Crippen molar-refractivity contribution in [3.63, 3.8) is 0 Å². The number of nitrogens with zero attached hydrogens (tertiary/aromatic N) is 1. The molecule has 0 saturated heterocycles. The molecule has 0 amide bonds. The highest BCUT2D eigenvalue weighted by atomic mass is 15.1. The van der Waals surface area contributed by atoms with Gasteiger partial charge < -0.3 is 4.90 Å². The fourth-order valence-corrected chi connectivity index (χ4v) is 6.92. The molecule has 1 nitrogen and oxygen atoms in total. The number of allylic oxidation sites excluding steroid dienone is 1. The van der Waals surface area contributed by atoms with Crippen LogP contribution in [0.1, 0.15) is 28.7 Å². The molecule has 0 N–H and O–H groups in total. The number of hydrogen-bond acceptors (Lipinski definition) is 1. The van der Waals surface area contributed by atoms with E-state index >= 15 is 0 Å². The van der Waals surface area contributed by atoms with Gasteiger partial charge >= 0.3 is 0 Å². The minimum absolute atomic E-state index is 1.05. The van der Waals surface area contributed by atoms with E-state index in [-0.39, 0.29) is 0 Å². The molecule has 0 saturated carbocycles. The highest BCUT2D eigenvalue weighted by molar-refractivity contribution is 6.10. The van der Waals surface area contributed by atoms with E-state index in [9.17, 15) is 0 Å². The topological polar surface area (TPSA) is 3.24 Å². The van der Waals surface area contributed by atoms with E-state index in [2.05, 4.69) is 193 Å². The number of para-hydroxylation sites is 2. The smallest absolute Gasteiger partial charge is 0.0462 e. The van der Waals surface area contributed by atoms with Crippen molar-refractivity contribution >= 4 is 46.1 Å². The third-order valence-corrected chi connectivity index (χ3v) is 9.12. The van der Waals surface area contributed by atoms with E-state index < -0.39 is 0 Å². The Hall–Kier alpha value is -5.92. The Kier molecular flexibility index (Phi) is 7.79. The van der Waals surface area contributed by atoms with Crippen LogP contribution >= 0.6 is 0 Å². The summed E-state index contributed by atoms with van der Waals surface area (Å²) < 4.78 is 0. The van der Waals surface area contributed by atoms with Crippen molar-refractivity contribution in [3.8, 4) is 22.3 Å². The number of benzene rings is 7. The van der Waals surface area contributed by atoms with Gasteiger partial charge in [-0.2, -0.15) is 0 Å². The maximum atomic E-state index is 2.35. The van der Waals surface area contributed by atoms with E-state index in [0.29, 0.717) is 0 Å². The zero-order chi connectivity index (χ0) is 31.4. The van der Waals surface area contributed by atoms with Gasteiger partial charge in [-0.3, -0.25) is 0 Å². The first-order chi connectivity index (χ1) is 23.3.